The molecule has 0 spiro atoms. The fourth-order valence-electron chi connectivity index (χ4n) is 0.413. The molecule has 0 saturated carbocycles. The first-order chi connectivity index (χ1) is 6.70. The van der Waals surface area contributed by atoms with E-state index in [0.29, 0.717) is 0 Å². The summed E-state index contributed by atoms with van der Waals surface area (Å²) >= 11 is 0. The fourth-order valence-corrected chi connectivity index (χ4v) is 0.413. The Morgan fingerprint density at radius 3 is 1.57 bits per heavy atom. The highest BCUT2D eigenvalue weighted by Gasteiger charge is 1.87. The van der Waals surface area contributed by atoms with Gasteiger partial charge in [-0.15, -0.1) is 0 Å². The van der Waals surface area contributed by atoms with Crippen LogP contribution in [0.2, 0.25) is 0 Å². The molecule has 0 aliphatic carbocycles. The second kappa shape index (κ2) is 7.28. The third-order valence-electron chi connectivity index (χ3n) is 1.01. The van der Waals surface area contributed by atoms with Gasteiger partial charge in [0.15, 0.2) is 11.5 Å². The van der Waals surface area contributed by atoms with Crippen LogP contribution in [0.1, 0.15) is 0 Å². The Kier molecular flexibility index (Phi) is 6.04. The van der Waals surface area contributed by atoms with Gasteiger partial charge in [0.25, 0.3) is 0 Å². The van der Waals surface area contributed by atoms with E-state index in [1.165, 1.54) is 0 Å². The SMILES string of the molecule is C=C(C#N)OCC#CCOC(=C)C#N. The van der Waals surface area contributed by atoms with Gasteiger partial charge in [-0.05, 0) is 13.2 Å². The molecule has 0 aromatic heterocycles. The second-order valence-corrected chi connectivity index (χ2v) is 2.00. The van der Waals surface area contributed by atoms with Gasteiger partial charge in [0.2, 0.25) is 0 Å². The van der Waals surface area contributed by atoms with E-state index in [1.807, 2.05) is 0 Å². The topological polar surface area (TPSA) is 66.0 Å². The van der Waals surface area contributed by atoms with E-state index in [2.05, 4.69) is 25.0 Å². The van der Waals surface area contributed by atoms with Gasteiger partial charge in [0.05, 0.1) is 0 Å². The molecule has 0 saturated heterocycles. The Bertz CT molecular complexity index is 326. The van der Waals surface area contributed by atoms with Crippen LogP contribution in [-0.4, -0.2) is 13.2 Å². The zero-order valence-electron chi connectivity index (χ0n) is 7.54. The van der Waals surface area contributed by atoms with Crippen LogP contribution in [0.15, 0.2) is 24.7 Å². The summed E-state index contributed by atoms with van der Waals surface area (Å²) in [5.41, 5.74) is 0. The summed E-state index contributed by atoms with van der Waals surface area (Å²) in [5.74, 6) is 5.17. The maximum Gasteiger partial charge on any atom is 0.190 e. The third kappa shape index (κ3) is 6.34. The maximum atomic E-state index is 8.25. The molecule has 0 aromatic carbocycles. The van der Waals surface area contributed by atoms with Crippen molar-refractivity contribution in [3.8, 4) is 24.0 Å². The van der Waals surface area contributed by atoms with Crippen molar-refractivity contribution in [2.24, 2.45) is 0 Å². The predicted molar refractivity (Wildman–Crippen MR) is 49.2 cm³/mol. The molecule has 0 rings (SSSR count). The number of nitriles is 2. The minimum Gasteiger partial charge on any atom is -0.471 e. The first-order valence-electron chi connectivity index (χ1n) is 3.60. The van der Waals surface area contributed by atoms with Crippen LogP contribution in [0.25, 0.3) is 0 Å². The maximum absolute atomic E-state index is 8.25. The molecule has 0 aliphatic heterocycles. The van der Waals surface area contributed by atoms with Gasteiger partial charge in [-0.25, -0.2) is 0 Å². The predicted octanol–water partition coefficient (Wildman–Crippen LogP) is 1.10. The van der Waals surface area contributed by atoms with Crippen LogP contribution >= 0.6 is 0 Å². The lowest BCUT2D eigenvalue weighted by Gasteiger charge is -1.95. The Labute approximate surface area is 82.7 Å². The van der Waals surface area contributed by atoms with Gasteiger partial charge in [0, 0.05) is 0 Å². The van der Waals surface area contributed by atoms with Crippen molar-refractivity contribution in [1.29, 1.82) is 10.5 Å². The van der Waals surface area contributed by atoms with E-state index in [-0.39, 0.29) is 24.7 Å². The highest BCUT2D eigenvalue weighted by atomic mass is 16.5. The molecule has 0 atom stereocenters. The van der Waals surface area contributed by atoms with Gasteiger partial charge < -0.3 is 9.47 Å². The first kappa shape index (κ1) is 11.6. The molecule has 4 nitrogen and oxygen atoms in total. The molecule has 0 bridgehead atoms. The zero-order valence-corrected chi connectivity index (χ0v) is 7.54. The summed E-state index contributed by atoms with van der Waals surface area (Å²) in [4.78, 5) is 0. The lowest BCUT2D eigenvalue weighted by Crippen LogP contribution is -1.91. The average Bonchev–Trinajstić information content (AvgIpc) is 2.22. The summed E-state index contributed by atoms with van der Waals surface area (Å²) in [6.07, 6.45) is 0. The van der Waals surface area contributed by atoms with Crippen molar-refractivity contribution in [2.75, 3.05) is 13.2 Å². The molecule has 0 N–H and O–H groups in total. The highest BCUT2D eigenvalue weighted by Crippen LogP contribution is 1.89. The Hall–Kier alpha value is -2.38. The van der Waals surface area contributed by atoms with E-state index in [1.54, 1.807) is 12.1 Å². The zero-order chi connectivity index (χ0) is 10.8. The Morgan fingerprint density at radius 1 is 0.929 bits per heavy atom. The van der Waals surface area contributed by atoms with E-state index >= 15 is 0 Å². The minimum atomic E-state index is 0.0154. The summed E-state index contributed by atoms with van der Waals surface area (Å²) in [6, 6.07) is 3.42. The van der Waals surface area contributed by atoms with Crippen molar-refractivity contribution >= 4 is 0 Å². The standard InChI is InChI=1S/C10H8N2O2/c1-9(7-11)13-5-3-4-6-14-10(2)8-12/h1-2,5-6H2. The summed E-state index contributed by atoms with van der Waals surface area (Å²) < 4.78 is 9.50. The number of ether oxygens (including phenoxy) is 2. The van der Waals surface area contributed by atoms with Crippen molar-refractivity contribution in [1.82, 2.24) is 0 Å². The molecule has 0 heterocycles. The van der Waals surface area contributed by atoms with E-state index in [9.17, 15) is 0 Å². The van der Waals surface area contributed by atoms with Crippen LogP contribution in [0.4, 0.5) is 0 Å². The Morgan fingerprint density at radius 2 is 1.29 bits per heavy atom. The van der Waals surface area contributed by atoms with Gasteiger partial charge in [-0.3, -0.25) is 0 Å². The van der Waals surface area contributed by atoms with Crippen molar-refractivity contribution in [2.45, 2.75) is 0 Å². The first-order valence-corrected chi connectivity index (χ1v) is 3.60. The fraction of sp³-hybridized carbons (Fsp3) is 0.200. The molecule has 0 unspecified atom stereocenters. The molecule has 14 heavy (non-hydrogen) atoms. The number of allylic oxidation sites excluding steroid dienone is 2. The van der Waals surface area contributed by atoms with Gasteiger partial charge in [-0.1, -0.05) is 11.8 Å². The average molecular weight is 188 g/mol. The van der Waals surface area contributed by atoms with E-state index in [4.69, 9.17) is 20.0 Å². The highest BCUT2D eigenvalue weighted by molar-refractivity contribution is 5.11. The number of hydrogen-bond donors (Lipinski definition) is 0. The quantitative estimate of drug-likeness (QED) is 0.376. The lowest BCUT2D eigenvalue weighted by atomic mass is 10.5. The molecule has 4 heteroatoms. The summed E-state index contributed by atoms with van der Waals surface area (Å²) in [7, 11) is 0. The molecule has 0 radical (unpaired) electrons. The molecular formula is C10H8N2O2. The third-order valence-corrected chi connectivity index (χ3v) is 1.01. The molecule has 0 aromatic rings. The Balaban J connectivity index is 3.57. The molecular weight excluding hydrogens is 180 g/mol. The van der Waals surface area contributed by atoms with Crippen molar-refractivity contribution in [3.05, 3.63) is 24.7 Å². The van der Waals surface area contributed by atoms with Crippen LogP contribution in [0, 0.1) is 34.5 Å². The van der Waals surface area contributed by atoms with Crippen LogP contribution in [0.3, 0.4) is 0 Å². The largest absolute Gasteiger partial charge is 0.471 e. The van der Waals surface area contributed by atoms with Crippen LogP contribution in [0.5, 0.6) is 0 Å². The van der Waals surface area contributed by atoms with Crippen LogP contribution < -0.4 is 0 Å². The van der Waals surface area contributed by atoms with Crippen molar-refractivity contribution < 1.29 is 9.47 Å². The molecule has 0 aliphatic rings. The normalized spacial score (nSPS) is 7.00. The molecule has 0 amide bonds. The minimum absolute atomic E-state index is 0.0154. The van der Waals surface area contributed by atoms with Gasteiger partial charge in [0.1, 0.15) is 25.4 Å². The van der Waals surface area contributed by atoms with Crippen LogP contribution in [-0.2, 0) is 9.47 Å². The van der Waals surface area contributed by atoms with E-state index in [0.717, 1.165) is 0 Å². The summed E-state index contributed by atoms with van der Waals surface area (Å²) in [5, 5.41) is 16.5. The molecule has 70 valence electrons. The summed E-state index contributed by atoms with van der Waals surface area (Å²) in [6.45, 7) is 6.74. The lowest BCUT2D eigenvalue weighted by molar-refractivity contribution is 0.265. The monoisotopic (exact) mass is 188 g/mol. The smallest absolute Gasteiger partial charge is 0.190 e. The number of hydrogen-bond acceptors (Lipinski definition) is 4. The van der Waals surface area contributed by atoms with Crippen molar-refractivity contribution in [3.63, 3.8) is 0 Å². The second-order valence-electron chi connectivity index (χ2n) is 2.00. The molecule has 0 fully saturated rings. The van der Waals surface area contributed by atoms with Gasteiger partial charge in [-0.2, -0.15) is 10.5 Å². The number of nitrogens with zero attached hydrogens (tertiary/aromatic N) is 2. The van der Waals surface area contributed by atoms with Gasteiger partial charge >= 0.3 is 0 Å². The van der Waals surface area contributed by atoms with E-state index < -0.39 is 0 Å². The number of rotatable bonds is 4.